The minimum absolute atomic E-state index is 0.00439. The normalized spacial score (nSPS) is 16.9. The number of nitrogens with two attached hydrogens (primary N) is 1. The van der Waals surface area contributed by atoms with Crippen molar-refractivity contribution in [3.63, 3.8) is 0 Å². The molecule has 8 heteroatoms. The van der Waals surface area contributed by atoms with Crippen molar-refractivity contribution in [3.8, 4) is 0 Å². The Morgan fingerprint density at radius 1 is 1.34 bits per heavy atom. The van der Waals surface area contributed by atoms with Crippen LogP contribution >= 0.6 is 0 Å². The Labute approximate surface area is 170 Å². The zero-order chi connectivity index (χ0) is 21.2. The molecule has 1 aromatic heterocycles. The van der Waals surface area contributed by atoms with Gasteiger partial charge in [-0.1, -0.05) is 45.0 Å². The van der Waals surface area contributed by atoms with Gasteiger partial charge in [0.15, 0.2) is 0 Å². The molecular weight excluding hydrogens is 368 g/mol. The number of hydrogen-bond acceptors (Lipinski definition) is 5. The number of amides is 1. The Kier molecular flexibility index (Phi) is 5.72. The predicted octanol–water partition coefficient (Wildman–Crippen LogP) is 1.89. The van der Waals surface area contributed by atoms with Crippen molar-refractivity contribution >= 4 is 17.4 Å². The predicted molar refractivity (Wildman–Crippen MR) is 113 cm³/mol. The molecule has 0 unspecified atom stereocenters. The molecule has 2 aromatic rings. The zero-order valence-corrected chi connectivity index (χ0v) is 17.1. The fraction of sp³-hybridized carbons (Fsp3) is 0.429. The lowest BCUT2D eigenvalue weighted by atomic mass is 9.89. The smallest absolute Gasteiger partial charge is 0.277 e. The maximum atomic E-state index is 13.0. The largest absolute Gasteiger partial charge is 0.384 e. The average Bonchev–Trinajstić information content (AvgIpc) is 2.97. The van der Waals surface area contributed by atoms with E-state index in [0.717, 1.165) is 12.0 Å². The quantitative estimate of drug-likeness (QED) is 0.420. The van der Waals surface area contributed by atoms with Gasteiger partial charge < -0.3 is 16.4 Å². The van der Waals surface area contributed by atoms with Gasteiger partial charge in [0, 0.05) is 24.1 Å². The second-order valence-electron chi connectivity index (χ2n) is 8.03. The van der Waals surface area contributed by atoms with Gasteiger partial charge in [0.2, 0.25) is 5.91 Å². The Balaban J connectivity index is 1.80. The highest BCUT2D eigenvalue weighted by Gasteiger charge is 2.42. The van der Waals surface area contributed by atoms with Gasteiger partial charge in [-0.05, 0) is 18.4 Å². The molecule has 0 bridgehead atoms. The van der Waals surface area contributed by atoms with E-state index in [9.17, 15) is 9.59 Å². The third-order valence-electron chi connectivity index (χ3n) is 5.21. The van der Waals surface area contributed by atoms with Crippen molar-refractivity contribution < 1.29 is 4.79 Å². The van der Waals surface area contributed by atoms with Crippen molar-refractivity contribution in [2.45, 2.75) is 51.6 Å². The van der Waals surface area contributed by atoms with Gasteiger partial charge in [-0.3, -0.25) is 19.6 Å². The summed E-state index contributed by atoms with van der Waals surface area (Å²) in [6, 6.07) is 6.55. The summed E-state index contributed by atoms with van der Waals surface area (Å²) in [5.74, 6) is 0.435. The summed E-state index contributed by atoms with van der Waals surface area (Å²) in [6.07, 6.45) is 2.98. The van der Waals surface area contributed by atoms with Crippen LogP contribution in [-0.2, 0) is 16.8 Å². The summed E-state index contributed by atoms with van der Waals surface area (Å²) in [5, 5.41) is 13.5. The Morgan fingerprint density at radius 2 is 2.03 bits per heavy atom. The number of hydrogen-bond donors (Lipinski definition) is 4. The average molecular weight is 396 g/mol. The molecule has 1 aliphatic heterocycles. The molecule has 3 rings (SSSR count). The molecule has 0 fully saturated rings. The van der Waals surface area contributed by atoms with Crippen LogP contribution < -0.4 is 21.9 Å². The molecule has 1 atom stereocenters. The van der Waals surface area contributed by atoms with Crippen LogP contribution in [0.5, 0.6) is 0 Å². The number of carbonyl (C=O) groups excluding carboxylic acids is 1. The van der Waals surface area contributed by atoms with Gasteiger partial charge in [0.1, 0.15) is 23.4 Å². The molecule has 0 spiro atoms. The molecule has 5 N–H and O–H groups in total. The third-order valence-corrected chi connectivity index (χ3v) is 5.21. The number of fused-ring (bicyclic) bond motifs is 1. The van der Waals surface area contributed by atoms with Crippen molar-refractivity contribution in [2.24, 2.45) is 5.73 Å². The van der Waals surface area contributed by atoms with E-state index in [-0.39, 0.29) is 22.7 Å². The number of nitrogens with one attached hydrogen (secondary N) is 3. The van der Waals surface area contributed by atoms with Gasteiger partial charge in [-0.15, -0.1) is 0 Å². The van der Waals surface area contributed by atoms with Crippen LogP contribution in [0.1, 0.15) is 56.6 Å². The lowest BCUT2D eigenvalue weighted by molar-refractivity contribution is -0.124. The SMILES string of the molecule is CCCNc1cnc2n(c1=O)[C@H](C(=O)NCc1ccc(C(=N)N)cc1)CC2(C)C. The molecule has 1 aliphatic rings. The molecule has 0 aliphatic carbocycles. The molecule has 1 aromatic carbocycles. The van der Waals surface area contributed by atoms with Crippen molar-refractivity contribution in [1.29, 1.82) is 5.41 Å². The maximum absolute atomic E-state index is 13.0. The van der Waals surface area contributed by atoms with E-state index in [1.807, 2.05) is 32.9 Å². The van der Waals surface area contributed by atoms with E-state index >= 15 is 0 Å². The topological polar surface area (TPSA) is 126 Å². The number of rotatable bonds is 7. The van der Waals surface area contributed by atoms with Crippen LogP contribution in [0.4, 0.5) is 5.69 Å². The second kappa shape index (κ2) is 8.06. The highest BCUT2D eigenvalue weighted by molar-refractivity contribution is 5.94. The number of amidine groups is 1. The molecule has 29 heavy (non-hydrogen) atoms. The highest BCUT2D eigenvalue weighted by atomic mass is 16.2. The summed E-state index contributed by atoms with van der Waals surface area (Å²) in [4.78, 5) is 30.4. The molecule has 154 valence electrons. The van der Waals surface area contributed by atoms with Crippen LogP contribution in [-0.4, -0.2) is 27.8 Å². The van der Waals surface area contributed by atoms with E-state index in [2.05, 4.69) is 15.6 Å². The van der Waals surface area contributed by atoms with Gasteiger partial charge in [-0.25, -0.2) is 4.98 Å². The summed E-state index contributed by atoms with van der Waals surface area (Å²) in [5.41, 5.74) is 6.84. The first kappa shape index (κ1) is 20.6. The molecule has 8 nitrogen and oxygen atoms in total. The molecule has 0 radical (unpaired) electrons. The second-order valence-corrected chi connectivity index (χ2v) is 8.03. The van der Waals surface area contributed by atoms with E-state index < -0.39 is 6.04 Å². The van der Waals surface area contributed by atoms with Crippen LogP contribution in [0.2, 0.25) is 0 Å². The van der Waals surface area contributed by atoms with Crippen LogP contribution in [0.3, 0.4) is 0 Å². The van der Waals surface area contributed by atoms with Crippen LogP contribution in [0, 0.1) is 5.41 Å². The van der Waals surface area contributed by atoms with E-state index in [1.54, 1.807) is 18.3 Å². The first-order valence-corrected chi connectivity index (χ1v) is 9.81. The van der Waals surface area contributed by atoms with Gasteiger partial charge >= 0.3 is 0 Å². The highest BCUT2D eigenvalue weighted by Crippen LogP contribution is 2.38. The summed E-state index contributed by atoms with van der Waals surface area (Å²) < 4.78 is 1.53. The fourth-order valence-corrected chi connectivity index (χ4v) is 3.63. The fourth-order valence-electron chi connectivity index (χ4n) is 3.63. The first-order chi connectivity index (χ1) is 13.7. The Hall–Kier alpha value is -3.16. The molecule has 0 saturated carbocycles. The molecule has 1 amide bonds. The standard InChI is InChI=1S/C21H28N6O2/c1-4-9-24-15-12-26-20-21(2,3)10-16(27(20)19(15)29)18(28)25-11-13-5-7-14(8-6-13)17(22)23/h5-8,12,16,24H,4,9-11H2,1-3H3,(H3,22,23)(H,25,28)/t16-/m0/s1. The molecule has 2 heterocycles. The van der Waals surface area contributed by atoms with Gasteiger partial charge in [-0.2, -0.15) is 0 Å². The minimum atomic E-state index is -0.597. The number of nitrogen functional groups attached to an aromatic ring is 1. The third kappa shape index (κ3) is 4.16. The minimum Gasteiger partial charge on any atom is -0.384 e. The summed E-state index contributed by atoms with van der Waals surface area (Å²) in [7, 11) is 0. The molecule has 0 saturated heterocycles. The van der Waals surface area contributed by atoms with E-state index in [0.29, 0.717) is 36.6 Å². The number of nitrogens with zero attached hydrogens (tertiary/aromatic N) is 2. The van der Waals surface area contributed by atoms with Gasteiger partial charge in [0.25, 0.3) is 5.56 Å². The summed E-state index contributed by atoms with van der Waals surface area (Å²) >= 11 is 0. The Bertz CT molecular complexity index is 978. The summed E-state index contributed by atoms with van der Waals surface area (Å²) in [6.45, 7) is 7.02. The zero-order valence-electron chi connectivity index (χ0n) is 17.1. The Morgan fingerprint density at radius 3 is 2.66 bits per heavy atom. The number of carbonyl (C=O) groups is 1. The lowest BCUT2D eigenvalue weighted by Gasteiger charge is -2.16. The van der Waals surface area contributed by atoms with E-state index in [4.69, 9.17) is 11.1 Å². The van der Waals surface area contributed by atoms with Crippen LogP contribution in [0.15, 0.2) is 35.3 Å². The first-order valence-electron chi connectivity index (χ1n) is 9.81. The maximum Gasteiger partial charge on any atom is 0.277 e. The van der Waals surface area contributed by atoms with E-state index in [1.165, 1.54) is 4.57 Å². The van der Waals surface area contributed by atoms with Gasteiger partial charge in [0.05, 0.1) is 6.20 Å². The lowest BCUT2D eigenvalue weighted by Crippen LogP contribution is -2.36. The molecular formula is C21H28N6O2. The number of anilines is 1. The number of benzene rings is 1. The van der Waals surface area contributed by atoms with Crippen molar-refractivity contribution in [3.05, 3.63) is 57.8 Å². The van der Waals surface area contributed by atoms with Crippen molar-refractivity contribution in [2.75, 3.05) is 11.9 Å². The monoisotopic (exact) mass is 396 g/mol. The van der Waals surface area contributed by atoms with Crippen LogP contribution in [0.25, 0.3) is 0 Å². The number of aromatic nitrogens is 2. The van der Waals surface area contributed by atoms with Crippen molar-refractivity contribution in [1.82, 2.24) is 14.9 Å².